The molecule has 0 amide bonds. The maximum atomic E-state index is 11.2. The summed E-state index contributed by atoms with van der Waals surface area (Å²) in [5, 5.41) is 18.8. The van der Waals surface area contributed by atoms with E-state index < -0.39 is 12.0 Å². The van der Waals surface area contributed by atoms with Crippen molar-refractivity contribution in [2.24, 2.45) is 5.41 Å². The zero-order valence-electron chi connectivity index (χ0n) is 9.73. The molecule has 1 unspecified atom stereocenters. The molecule has 15 heavy (non-hydrogen) atoms. The van der Waals surface area contributed by atoms with Gasteiger partial charge >= 0.3 is 5.97 Å². The molecule has 0 aromatic rings. The molecule has 2 atom stereocenters. The van der Waals surface area contributed by atoms with Crippen molar-refractivity contribution in [2.75, 3.05) is 13.1 Å². The van der Waals surface area contributed by atoms with Gasteiger partial charge in [-0.2, -0.15) is 0 Å². The lowest BCUT2D eigenvalue weighted by Crippen LogP contribution is -2.53. The average molecular weight is 215 g/mol. The van der Waals surface area contributed by atoms with Crippen LogP contribution in [0.3, 0.4) is 0 Å². The van der Waals surface area contributed by atoms with Gasteiger partial charge < -0.3 is 10.2 Å². The normalized spacial score (nSPS) is 26.3. The van der Waals surface area contributed by atoms with Gasteiger partial charge in [-0.1, -0.05) is 20.8 Å². The van der Waals surface area contributed by atoms with Crippen molar-refractivity contribution < 1.29 is 15.0 Å². The highest BCUT2D eigenvalue weighted by Gasteiger charge is 2.38. The summed E-state index contributed by atoms with van der Waals surface area (Å²) in [6.45, 7) is 7.02. The van der Waals surface area contributed by atoms with E-state index in [1.54, 1.807) is 0 Å². The quantitative estimate of drug-likeness (QED) is 0.719. The Hall–Kier alpha value is -0.610. The summed E-state index contributed by atoms with van der Waals surface area (Å²) in [6.07, 6.45) is 1.29. The van der Waals surface area contributed by atoms with Crippen molar-refractivity contribution in [3.8, 4) is 0 Å². The molecule has 0 aliphatic carbocycles. The standard InChI is InChI=1S/C11H21NO3/c1-11(2,3)9(10(14)15)12-6-4-5-8(13)7-12/h8-9,13H,4-7H2,1-3H3,(H,14,15)/t8?,9-/m1/s1. The largest absolute Gasteiger partial charge is 0.480 e. The number of hydrogen-bond donors (Lipinski definition) is 2. The van der Waals surface area contributed by atoms with Crippen LogP contribution in [0.15, 0.2) is 0 Å². The van der Waals surface area contributed by atoms with E-state index in [-0.39, 0.29) is 11.5 Å². The van der Waals surface area contributed by atoms with E-state index in [0.717, 1.165) is 19.4 Å². The zero-order chi connectivity index (χ0) is 11.6. The average Bonchev–Trinajstić information content (AvgIpc) is 1.99. The molecule has 1 heterocycles. The highest BCUT2D eigenvalue weighted by atomic mass is 16.4. The number of carboxylic acids is 1. The number of hydrogen-bond acceptors (Lipinski definition) is 3. The molecule has 1 rings (SSSR count). The summed E-state index contributed by atoms with van der Waals surface area (Å²) < 4.78 is 0. The minimum atomic E-state index is -0.795. The highest BCUT2D eigenvalue weighted by molar-refractivity contribution is 5.74. The first kappa shape index (κ1) is 12.5. The van der Waals surface area contributed by atoms with Gasteiger partial charge in [0, 0.05) is 6.54 Å². The van der Waals surface area contributed by atoms with Crippen LogP contribution in [0.1, 0.15) is 33.6 Å². The van der Waals surface area contributed by atoms with Gasteiger partial charge in [0.25, 0.3) is 0 Å². The zero-order valence-corrected chi connectivity index (χ0v) is 9.73. The monoisotopic (exact) mass is 215 g/mol. The molecule has 1 saturated heterocycles. The number of carboxylic acid groups (broad SMARTS) is 1. The number of rotatable bonds is 2. The molecule has 4 nitrogen and oxygen atoms in total. The Balaban J connectivity index is 2.76. The third kappa shape index (κ3) is 3.18. The van der Waals surface area contributed by atoms with Gasteiger partial charge in [0.15, 0.2) is 0 Å². The summed E-state index contributed by atoms with van der Waals surface area (Å²) in [7, 11) is 0. The first-order valence-corrected chi connectivity index (χ1v) is 5.47. The first-order valence-electron chi connectivity index (χ1n) is 5.47. The van der Waals surface area contributed by atoms with Crippen molar-refractivity contribution in [2.45, 2.75) is 45.8 Å². The predicted molar refractivity (Wildman–Crippen MR) is 57.7 cm³/mol. The third-order valence-electron chi connectivity index (χ3n) is 2.85. The van der Waals surface area contributed by atoms with Gasteiger partial charge in [0.2, 0.25) is 0 Å². The smallest absolute Gasteiger partial charge is 0.321 e. The van der Waals surface area contributed by atoms with Crippen LogP contribution >= 0.6 is 0 Å². The Kier molecular flexibility index (Phi) is 3.73. The molecular weight excluding hydrogens is 194 g/mol. The summed E-state index contributed by atoms with van der Waals surface area (Å²) >= 11 is 0. The molecule has 4 heteroatoms. The number of likely N-dealkylation sites (tertiary alicyclic amines) is 1. The predicted octanol–water partition coefficient (Wildman–Crippen LogP) is 0.942. The second kappa shape index (κ2) is 4.49. The van der Waals surface area contributed by atoms with Gasteiger partial charge in [0.1, 0.15) is 6.04 Å². The fraction of sp³-hybridized carbons (Fsp3) is 0.909. The number of piperidine rings is 1. The van der Waals surface area contributed by atoms with Crippen LogP contribution in [-0.4, -0.2) is 46.3 Å². The van der Waals surface area contributed by atoms with Crippen LogP contribution in [0.2, 0.25) is 0 Å². The third-order valence-corrected chi connectivity index (χ3v) is 2.85. The summed E-state index contributed by atoms with van der Waals surface area (Å²) in [6, 6.07) is -0.507. The van der Waals surface area contributed by atoms with Crippen molar-refractivity contribution in [3.63, 3.8) is 0 Å². The number of nitrogens with zero attached hydrogens (tertiary/aromatic N) is 1. The SMILES string of the molecule is CC(C)(C)[C@@H](C(=O)O)N1CCCC(O)C1. The second-order valence-corrected chi connectivity index (χ2v) is 5.40. The molecule has 2 N–H and O–H groups in total. The van der Waals surface area contributed by atoms with E-state index in [4.69, 9.17) is 0 Å². The summed E-state index contributed by atoms with van der Waals surface area (Å²) in [4.78, 5) is 13.1. The molecule has 0 aromatic carbocycles. The molecule has 1 aliphatic rings. The van der Waals surface area contributed by atoms with Crippen LogP contribution in [0.5, 0.6) is 0 Å². The Morgan fingerprint density at radius 1 is 1.47 bits per heavy atom. The van der Waals surface area contributed by atoms with Crippen molar-refractivity contribution in [1.29, 1.82) is 0 Å². The van der Waals surface area contributed by atoms with Crippen LogP contribution < -0.4 is 0 Å². The van der Waals surface area contributed by atoms with E-state index in [1.165, 1.54) is 0 Å². The number of aliphatic hydroxyl groups is 1. The minimum absolute atomic E-state index is 0.303. The molecular formula is C11H21NO3. The first-order chi connectivity index (χ1) is 6.82. The highest BCUT2D eigenvalue weighted by Crippen LogP contribution is 2.27. The minimum Gasteiger partial charge on any atom is -0.480 e. The Bertz CT molecular complexity index is 234. The van der Waals surface area contributed by atoms with Crippen molar-refractivity contribution in [1.82, 2.24) is 4.90 Å². The Labute approximate surface area is 90.9 Å². The molecule has 0 spiro atoms. The van der Waals surface area contributed by atoms with E-state index in [1.807, 2.05) is 25.7 Å². The van der Waals surface area contributed by atoms with Gasteiger partial charge in [-0.25, -0.2) is 0 Å². The van der Waals surface area contributed by atoms with Crippen LogP contribution in [0, 0.1) is 5.41 Å². The summed E-state index contributed by atoms with van der Waals surface area (Å²) in [5.41, 5.74) is -0.303. The topological polar surface area (TPSA) is 60.8 Å². The van der Waals surface area contributed by atoms with E-state index >= 15 is 0 Å². The molecule has 1 fully saturated rings. The lowest BCUT2D eigenvalue weighted by atomic mass is 9.84. The van der Waals surface area contributed by atoms with Crippen LogP contribution in [0.4, 0.5) is 0 Å². The molecule has 0 aromatic heterocycles. The number of aliphatic hydroxyl groups excluding tert-OH is 1. The number of β-amino-alcohol motifs (C(OH)–C–C–N with tert-alkyl or cyclic N) is 1. The maximum absolute atomic E-state index is 11.2. The number of aliphatic carboxylic acids is 1. The Morgan fingerprint density at radius 2 is 2.07 bits per heavy atom. The van der Waals surface area contributed by atoms with Crippen molar-refractivity contribution >= 4 is 5.97 Å². The molecule has 0 bridgehead atoms. The fourth-order valence-corrected chi connectivity index (χ4v) is 2.29. The van der Waals surface area contributed by atoms with Gasteiger partial charge in [-0.3, -0.25) is 9.69 Å². The van der Waals surface area contributed by atoms with Gasteiger partial charge in [-0.05, 0) is 24.8 Å². The van der Waals surface area contributed by atoms with Crippen molar-refractivity contribution in [3.05, 3.63) is 0 Å². The number of carbonyl (C=O) groups is 1. The second-order valence-electron chi connectivity index (χ2n) is 5.40. The van der Waals surface area contributed by atoms with Crippen LogP contribution in [0.25, 0.3) is 0 Å². The van der Waals surface area contributed by atoms with E-state index in [0.29, 0.717) is 6.54 Å². The van der Waals surface area contributed by atoms with Crippen LogP contribution in [-0.2, 0) is 4.79 Å². The Morgan fingerprint density at radius 3 is 2.47 bits per heavy atom. The summed E-state index contributed by atoms with van der Waals surface area (Å²) in [5.74, 6) is -0.795. The van der Waals surface area contributed by atoms with Gasteiger partial charge in [0.05, 0.1) is 6.10 Å². The van der Waals surface area contributed by atoms with Gasteiger partial charge in [-0.15, -0.1) is 0 Å². The maximum Gasteiger partial charge on any atom is 0.321 e. The molecule has 1 aliphatic heterocycles. The molecule has 88 valence electrons. The van der Waals surface area contributed by atoms with E-state index in [9.17, 15) is 15.0 Å². The van der Waals surface area contributed by atoms with E-state index in [2.05, 4.69) is 0 Å². The lowest BCUT2D eigenvalue weighted by Gasteiger charge is -2.40. The molecule has 0 saturated carbocycles. The fourth-order valence-electron chi connectivity index (χ4n) is 2.29. The molecule has 0 radical (unpaired) electrons. The lowest BCUT2D eigenvalue weighted by molar-refractivity contribution is -0.149.